The van der Waals surface area contributed by atoms with E-state index in [1.807, 2.05) is 30.3 Å². The van der Waals surface area contributed by atoms with Crippen LogP contribution in [0.15, 0.2) is 30.3 Å². The van der Waals surface area contributed by atoms with Crippen molar-refractivity contribution < 1.29 is 23.8 Å². The molecule has 1 heterocycles. The van der Waals surface area contributed by atoms with Crippen molar-refractivity contribution in [2.45, 2.75) is 48.4 Å². The van der Waals surface area contributed by atoms with Gasteiger partial charge in [0.2, 0.25) is 0 Å². The standard InChI is InChI=1S/C17H21IO5/c1-21-16(19)9-13-7-8-14(18)15(23-13)10-17(20)22-11-12-5-3-2-4-6-12/h2-6,13-15H,7-11H2,1H3. The monoisotopic (exact) mass is 432 g/mol. The molecule has 0 bridgehead atoms. The zero-order chi connectivity index (χ0) is 16.7. The van der Waals surface area contributed by atoms with Gasteiger partial charge in [-0.15, -0.1) is 0 Å². The largest absolute Gasteiger partial charge is 0.469 e. The van der Waals surface area contributed by atoms with Crippen LogP contribution < -0.4 is 0 Å². The van der Waals surface area contributed by atoms with Crippen molar-refractivity contribution in [2.75, 3.05) is 7.11 Å². The van der Waals surface area contributed by atoms with E-state index in [9.17, 15) is 9.59 Å². The topological polar surface area (TPSA) is 61.8 Å². The van der Waals surface area contributed by atoms with Crippen molar-refractivity contribution >= 4 is 34.5 Å². The lowest BCUT2D eigenvalue weighted by molar-refractivity contribution is -0.153. The maximum absolute atomic E-state index is 12.0. The average molecular weight is 432 g/mol. The number of methoxy groups -OCH3 is 1. The van der Waals surface area contributed by atoms with E-state index in [2.05, 4.69) is 27.3 Å². The quantitative estimate of drug-likeness (QED) is 0.393. The summed E-state index contributed by atoms with van der Waals surface area (Å²) in [5.74, 6) is -0.563. The first-order chi connectivity index (χ1) is 11.1. The van der Waals surface area contributed by atoms with Crippen LogP contribution in [0.5, 0.6) is 0 Å². The molecule has 1 aromatic carbocycles. The summed E-state index contributed by atoms with van der Waals surface area (Å²) in [6, 6.07) is 9.57. The van der Waals surface area contributed by atoms with Crippen molar-refractivity contribution in [2.24, 2.45) is 0 Å². The van der Waals surface area contributed by atoms with Gasteiger partial charge in [-0.05, 0) is 18.4 Å². The van der Waals surface area contributed by atoms with Crippen LogP contribution in [0.25, 0.3) is 0 Å². The fraction of sp³-hybridized carbons (Fsp3) is 0.529. The lowest BCUT2D eigenvalue weighted by Gasteiger charge is -2.33. The van der Waals surface area contributed by atoms with Gasteiger partial charge in [0.05, 0.1) is 32.2 Å². The molecule has 3 unspecified atom stereocenters. The number of ether oxygens (including phenoxy) is 3. The maximum atomic E-state index is 12.0. The molecule has 0 aromatic heterocycles. The van der Waals surface area contributed by atoms with Crippen molar-refractivity contribution in [1.82, 2.24) is 0 Å². The first-order valence-corrected chi connectivity index (χ1v) is 8.89. The second-order valence-electron chi connectivity index (χ2n) is 5.52. The van der Waals surface area contributed by atoms with E-state index >= 15 is 0 Å². The molecular weight excluding hydrogens is 411 g/mol. The Hall–Kier alpha value is -1.15. The zero-order valence-corrected chi connectivity index (χ0v) is 15.2. The Labute approximate surface area is 149 Å². The fourth-order valence-electron chi connectivity index (χ4n) is 2.49. The van der Waals surface area contributed by atoms with Gasteiger partial charge in [-0.3, -0.25) is 9.59 Å². The molecule has 6 heteroatoms. The second-order valence-corrected chi connectivity index (χ2v) is 7.12. The van der Waals surface area contributed by atoms with Crippen LogP contribution in [-0.2, 0) is 30.4 Å². The number of carbonyl (C=O) groups is 2. The van der Waals surface area contributed by atoms with E-state index in [0.717, 1.165) is 18.4 Å². The van der Waals surface area contributed by atoms with Crippen molar-refractivity contribution in [3.05, 3.63) is 35.9 Å². The Morgan fingerprint density at radius 1 is 1.17 bits per heavy atom. The molecule has 0 aliphatic carbocycles. The second kappa shape index (κ2) is 9.22. The van der Waals surface area contributed by atoms with Gasteiger partial charge in [-0.1, -0.05) is 52.9 Å². The number of alkyl halides is 1. The van der Waals surface area contributed by atoms with E-state index < -0.39 is 0 Å². The number of halogens is 1. The fourth-order valence-corrected chi connectivity index (χ4v) is 3.27. The van der Waals surface area contributed by atoms with Gasteiger partial charge < -0.3 is 14.2 Å². The number of hydrogen-bond acceptors (Lipinski definition) is 5. The third-order valence-electron chi connectivity index (χ3n) is 3.77. The minimum atomic E-state index is -0.285. The average Bonchev–Trinajstić information content (AvgIpc) is 2.57. The van der Waals surface area contributed by atoms with Crippen LogP contribution in [-0.4, -0.2) is 35.2 Å². The lowest BCUT2D eigenvalue weighted by atomic mass is 10.00. The molecule has 1 aliphatic heterocycles. The number of hydrogen-bond donors (Lipinski definition) is 0. The van der Waals surface area contributed by atoms with Crippen LogP contribution in [0.3, 0.4) is 0 Å². The normalized spacial score (nSPS) is 24.0. The number of rotatable bonds is 6. The SMILES string of the molecule is COC(=O)CC1CCC(I)C(CC(=O)OCc2ccccc2)O1. The maximum Gasteiger partial charge on any atom is 0.308 e. The Morgan fingerprint density at radius 2 is 1.91 bits per heavy atom. The van der Waals surface area contributed by atoms with Crippen LogP contribution in [0.4, 0.5) is 0 Å². The van der Waals surface area contributed by atoms with Gasteiger partial charge >= 0.3 is 11.9 Å². The summed E-state index contributed by atoms with van der Waals surface area (Å²) < 4.78 is 16.1. The van der Waals surface area contributed by atoms with Crippen LogP contribution in [0.1, 0.15) is 31.2 Å². The first kappa shape index (κ1) is 18.2. The molecule has 0 radical (unpaired) electrons. The van der Waals surface area contributed by atoms with Crippen LogP contribution in [0.2, 0.25) is 0 Å². The molecule has 126 valence electrons. The van der Waals surface area contributed by atoms with Gasteiger partial charge in [-0.2, -0.15) is 0 Å². The summed E-state index contributed by atoms with van der Waals surface area (Å²) in [5, 5.41) is 0. The molecule has 1 saturated heterocycles. The molecule has 0 N–H and O–H groups in total. The molecule has 23 heavy (non-hydrogen) atoms. The number of esters is 2. The van der Waals surface area contributed by atoms with E-state index in [0.29, 0.717) is 0 Å². The molecule has 5 nitrogen and oxygen atoms in total. The molecule has 1 aromatic rings. The van der Waals surface area contributed by atoms with Crippen molar-refractivity contribution in [3.8, 4) is 0 Å². The molecule has 3 atom stereocenters. The third-order valence-corrected chi connectivity index (χ3v) is 5.19. The van der Waals surface area contributed by atoms with Gasteiger partial charge in [-0.25, -0.2) is 0 Å². The molecule has 0 saturated carbocycles. The summed E-state index contributed by atoms with van der Waals surface area (Å²) in [6.45, 7) is 0.268. The lowest BCUT2D eigenvalue weighted by Crippen LogP contribution is -2.38. The molecular formula is C17H21IO5. The molecule has 2 rings (SSSR count). The Morgan fingerprint density at radius 3 is 2.61 bits per heavy atom. The Bertz CT molecular complexity index is 519. The van der Waals surface area contributed by atoms with E-state index in [4.69, 9.17) is 9.47 Å². The summed E-state index contributed by atoms with van der Waals surface area (Å²) in [4.78, 5) is 23.4. The highest BCUT2D eigenvalue weighted by Crippen LogP contribution is 2.29. The molecule has 0 spiro atoms. The molecule has 1 fully saturated rings. The Balaban J connectivity index is 1.79. The predicted octanol–water partition coefficient (Wildman–Crippen LogP) is 3.03. The van der Waals surface area contributed by atoms with Gasteiger partial charge in [0.15, 0.2) is 0 Å². The van der Waals surface area contributed by atoms with Crippen LogP contribution >= 0.6 is 22.6 Å². The number of carbonyl (C=O) groups excluding carboxylic acids is 2. The summed E-state index contributed by atoms with van der Waals surface area (Å²) in [6.07, 6.45) is 1.76. The highest BCUT2D eigenvalue weighted by atomic mass is 127. The van der Waals surface area contributed by atoms with Crippen LogP contribution in [0, 0.1) is 0 Å². The third kappa shape index (κ3) is 6.10. The molecule has 1 aliphatic rings. The van der Waals surface area contributed by atoms with Gasteiger partial charge in [0.25, 0.3) is 0 Å². The summed E-state index contributed by atoms with van der Waals surface area (Å²) in [5.41, 5.74) is 0.958. The van der Waals surface area contributed by atoms with Crippen molar-refractivity contribution in [1.29, 1.82) is 0 Å². The minimum Gasteiger partial charge on any atom is -0.469 e. The smallest absolute Gasteiger partial charge is 0.308 e. The summed E-state index contributed by atoms with van der Waals surface area (Å²) >= 11 is 2.30. The van der Waals surface area contributed by atoms with E-state index in [-0.39, 0.29) is 47.5 Å². The highest BCUT2D eigenvalue weighted by Gasteiger charge is 2.32. The zero-order valence-electron chi connectivity index (χ0n) is 13.1. The van der Waals surface area contributed by atoms with Gasteiger partial charge in [0.1, 0.15) is 6.61 Å². The minimum absolute atomic E-state index is 0.180. The van der Waals surface area contributed by atoms with E-state index in [1.165, 1.54) is 7.11 Å². The first-order valence-electron chi connectivity index (χ1n) is 7.64. The number of benzene rings is 1. The molecule has 0 amide bonds. The predicted molar refractivity (Wildman–Crippen MR) is 93.2 cm³/mol. The van der Waals surface area contributed by atoms with Crippen molar-refractivity contribution in [3.63, 3.8) is 0 Å². The highest BCUT2D eigenvalue weighted by molar-refractivity contribution is 14.1. The van der Waals surface area contributed by atoms with Gasteiger partial charge in [0, 0.05) is 3.92 Å². The Kier molecular flexibility index (Phi) is 7.29. The summed E-state index contributed by atoms with van der Waals surface area (Å²) in [7, 11) is 1.37. The van der Waals surface area contributed by atoms with E-state index in [1.54, 1.807) is 0 Å².